The van der Waals surface area contributed by atoms with Gasteiger partial charge in [0.15, 0.2) is 6.61 Å². The first kappa shape index (κ1) is 15.6. The minimum atomic E-state index is -0.134. The standard InChI is InChI=1S/C15H14Cl2N2O2/c1-19(9-11-3-2-6-18-8-11)15(20)10-21-12-4-5-13(16)14(17)7-12/h2-8H,9-10H2,1H3. The molecular weight excluding hydrogens is 311 g/mol. The molecule has 6 heteroatoms. The van der Waals surface area contributed by atoms with Crippen LogP contribution in [0.4, 0.5) is 0 Å². The molecule has 0 unspecified atom stereocenters. The second-order valence-corrected chi connectivity index (χ2v) is 5.29. The third-order valence-corrected chi connectivity index (χ3v) is 3.56. The van der Waals surface area contributed by atoms with Crippen molar-refractivity contribution in [1.82, 2.24) is 9.88 Å². The number of likely N-dealkylation sites (N-methyl/N-ethyl adjacent to an activating group) is 1. The van der Waals surface area contributed by atoms with Crippen molar-refractivity contribution < 1.29 is 9.53 Å². The summed E-state index contributed by atoms with van der Waals surface area (Å²) in [5.41, 5.74) is 0.961. The van der Waals surface area contributed by atoms with Gasteiger partial charge in [0.1, 0.15) is 5.75 Å². The molecule has 2 rings (SSSR count). The molecule has 0 radical (unpaired) electrons. The number of aromatic nitrogens is 1. The topological polar surface area (TPSA) is 42.4 Å². The van der Waals surface area contributed by atoms with Crippen LogP contribution in [0.3, 0.4) is 0 Å². The van der Waals surface area contributed by atoms with Gasteiger partial charge < -0.3 is 9.64 Å². The summed E-state index contributed by atoms with van der Waals surface area (Å²) in [4.78, 5) is 17.6. The zero-order chi connectivity index (χ0) is 15.2. The highest BCUT2D eigenvalue weighted by Gasteiger charge is 2.10. The lowest BCUT2D eigenvalue weighted by molar-refractivity contribution is -0.132. The van der Waals surface area contributed by atoms with Crippen molar-refractivity contribution in [2.75, 3.05) is 13.7 Å². The van der Waals surface area contributed by atoms with Crippen molar-refractivity contribution in [1.29, 1.82) is 0 Å². The average Bonchev–Trinajstić information content (AvgIpc) is 2.49. The highest BCUT2D eigenvalue weighted by molar-refractivity contribution is 6.42. The van der Waals surface area contributed by atoms with Crippen LogP contribution in [0, 0.1) is 0 Å². The molecule has 1 aromatic heterocycles. The number of carbonyl (C=O) groups excluding carboxylic acids is 1. The second kappa shape index (κ2) is 7.29. The number of benzene rings is 1. The summed E-state index contributed by atoms with van der Waals surface area (Å²) in [7, 11) is 1.72. The molecule has 0 saturated heterocycles. The maximum Gasteiger partial charge on any atom is 0.260 e. The fraction of sp³-hybridized carbons (Fsp3) is 0.200. The van der Waals surface area contributed by atoms with Crippen LogP contribution in [0.5, 0.6) is 5.75 Å². The van der Waals surface area contributed by atoms with Gasteiger partial charge in [0.05, 0.1) is 10.0 Å². The van der Waals surface area contributed by atoms with Gasteiger partial charge in [-0.2, -0.15) is 0 Å². The van der Waals surface area contributed by atoms with Gasteiger partial charge >= 0.3 is 0 Å². The first-order valence-corrected chi connectivity index (χ1v) is 7.02. The van der Waals surface area contributed by atoms with Gasteiger partial charge in [-0.15, -0.1) is 0 Å². The summed E-state index contributed by atoms with van der Waals surface area (Å²) in [5, 5.41) is 0.842. The minimum Gasteiger partial charge on any atom is -0.484 e. The van der Waals surface area contributed by atoms with E-state index in [9.17, 15) is 4.79 Å². The van der Waals surface area contributed by atoms with E-state index in [4.69, 9.17) is 27.9 Å². The molecule has 110 valence electrons. The fourth-order valence-corrected chi connectivity index (χ4v) is 1.96. The highest BCUT2D eigenvalue weighted by Crippen LogP contribution is 2.26. The molecule has 4 nitrogen and oxygen atoms in total. The summed E-state index contributed by atoms with van der Waals surface area (Å²) in [6, 6.07) is 8.63. The number of hydrogen-bond donors (Lipinski definition) is 0. The molecule has 0 bridgehead atoms. The molecule has 0 N–H and O–H groups in total. The van der Waals surface area contributed by atoms with E-state index in [2.05, 4.69) is 4.98 Å². The van der Waals surface area contributed by atoms with Gasteiger partial charge in [-0.1, -0.05) is 29.3 Å². The smallest absolute Gasteiger partial charge is 0.260 e. The van der Waals surface area contributed by atoms with Crippen molar-refractivity contribution in [3.05, 3.63) is 58.3 Å². The molecule has 1 aromatic carbocycles. The minimum absolute atomic E-state index is 0.0608. The Balaban J connectivity index is 1.87. The number of halogens is 2. The number of carbonyl (C=O) groups is 1. The Morgan fingerprint density at radius 1 is 1.29 bits per heavy atom. The Hall–Kier alpha value is -1.78. The van der Waals surface area contributed by atoms with Crippen LogP contribution < -0.4 is 4.74 Å². The summed E-state index contributed by atoms with van der Waals surface area (Å²) in [6.45, 7) is 0.423. The lowest BCUT2D eigenvalue weighted by atomic mass is 10.3. The molecule has 1 heterocycles. The normalized spacial score (nSPS) is 10.2. The summed E-state index contributed by atoms with van der Waals surface area (Å²) < 4.78 is 5.41. The molecule has 0 spiro atoms. The Kier molecular flexibility index (Phi) is 5.42. The molecule has 0 aliphatic heterocycles. The van der Waals surface area contributed by atoms with E-state index >= 15 is 0 Å². The van der Waals surface area contributed by atoms with E-state index < -0.39 is 0 Å². The van der Waals surface area contributed by atoms with E-state index in [1.807, 2.05) is 12.1 Å². The van der Waals surface area contributed by atoms with Crippen LogP contribution in [0.25, 0.3) is 0 Å². The van der Waals surface area contributed by atoms with E-state index in [1.165, 1.54) is 0 Å². The first-order chi connectivity index (χ1) is 10.1. The predicted octanol–water partition coefficient (Wildman–Crippen LogP) is 3.43. The van der Waals surface area contributed by atoms with Crippen molar-refractivity contribution in [3.8, 4) is 5.75 Å². The predicted molar refractivity (Wildman–Crippen MR) is 82.7 cm³/mol. The van der Waals surface area contributed by atoms with Crippen LogP contribution >= 0.6 is 23.2 Å². The van der Waals surface area contributed by atoms with Crippen LogP contribution in [-0.4, -0.2) is 29.4 Å². The monoisotopic (exact) mass is 324 g/mol. The van der Waals surface area contributed by atoms with Crippen molar-refractivity contribution in [2.24, 2.45) is 0 Å². The lowest BCUT2D eigenvalue weighted by Crippen LogP contribution is -2.30. The quantitative estimate of drug-likeness (QED) is 0.846. The molecule has 2 aromatic rings. The van der Waals surface area contributed by atoms with E-state index in [0.717, 1.165) is 5.56 Å². The number of nitrogens with zero attached hydrogens (tertiary/aromatic N) is 2. The third kappa shape index (κ3) is 4.62. The first-order valence-electron chi connectivity index (χ1n) is 6.27. The second-order valence-electron chi connectivity index (χ2n) is 4.48. The number of rotatable bonds is 5. The van der Waals surface area contributed by atoms with E-state index in [1.54, 1.807) is 42.5 Å². The molecule has 1 amide bonds. The zero-order valence-corrected chi connectivity index (χ0v) is 12.9. The van der Waals surface area contributed by atoms with Crippen molar-refractivity contribution in [3.63, 3.8) is 0 Å². The molecule has 21 heavy (non-hydrogen) atoms. The van der Waals surface area contributed by atoms with Crippen LogP contribution in [0.15, 0.2) is 42.7 Å². The highest BCUT2D eigenvalue weighted by atomic mass is 35.5. The third-order valence-electron chi connectivity index (χ3n) is 2.82. The van der Waals surface area contributed by atoms with Crippen LogP contribution in [-0.2, 0) is 11.3 Å². The summed E-state index contributed by atoms with van der Waals surface area (Å²) in [5.74, 6) is 0.373. The van der Waals surface area contributed by atoms with Gasteiger partial charge in [0, 0.05) is 32.1 Å². The van der Waals surface area contributed by atoms with Crippen molar-refractivity contribution in [2.45, 2.75) is 6.54 Å². The molecular formula is C15H14Cl2N2O2. The van der Waals surface area contributed by atoms with Crippen LogP contribution in [0.2, 0.25) is 10.0 Å². The summed E-state index contributed by atoms with van der Waals surface area (Å²) >= 11 is 11.7. The number of amides is 1. The SMILES string of the molecule is CN(Cc1cccnc1)C(=O)COc1ccc(Cl)c(Cl)c1. The maximum absolute atomic E-state index is 12.0. The average molecular weight is 325 g/mol. The largest absolute Gasteiger partial charge is 0.484 e. The Bertz CT molecular complexity index is 620. The number of ether oxygens (including phenoxy) is 1. The van der Waals surface area contributed by atoms with Crippen molar-refractivity contribution >= 4 is 29.1 Å². The van der Waals surface area contributed by atoms with Gasteiger partial charge in [0.2, 0.25) is 0 Å². The van der Waals surface area contributed by atoms with E-state index in [0.29, 0.717) is 22.3 Å². The molecule has 0 fully saturated rings. The van der Waals surface area contributed by atoms with Gasteiger partial charge in [0.25, 0.3) is 5.91 Å². The van der Waals surface area contributed by atoms with Gasteiger partial charge in [-0.25, -0.2) is 0 Å². The van der Waals surface area contributed by atoms with E-state index in [-0.39, 0.29) is 12.5 Å². The zero-order valence-electron chi connectivity index (χ0n) is 11.4. The Labute approximate surface area is 133 Å². The number of pyridine rings is 1. The molecule has 0 aliphatic carbocycles. The van der Waals surface area contributed by atoms with Crippen LogP contribution in [0.1, 0.15) is 5.56 Å². The number of hydrogen-bond acceptors (Lipinski definition) is 3. The maximum atomic E-state index is 12.0. The van der Waals surface area contributed by atoms with Gasteiger partial charge in [-0.05, 0) is 23.8 Å². The molecule has 0 atom stereocenters. The fourth-order valence-electron chi connectivity index (χ4n) is 1.68. The lowest BCUT2D eigenvalue weighted by Gasteiger charge is -2.17. The Morgan fingerprint density at radius 3 is 2.76 bits per heavy atom. The van der Waals surface area contributed by atoms with Gasteiger partial charge in [-0.3, -0.25) is 9.78 Å². The Morgan fingerprint density at radius 2 is 2.10 bits per heavy atom. The molecule has 0 saturated carbocycles. The molecule has 0 aliphatic rings. The summed E-state index contributed by atoms with van der Waals surface area (Å²) in [6.07, 6.45) is 3.42.